The summed E-state index contributed by atoms with van der Waals surface area (Å²) in [6.07, 6.45) is 4.31. The molecule has 1 heterocycles. The first-order valence-corrected chi connectivity index (χ1v) is 4.96. The zero-order valence-corrected chi connectivity index (χ0v) is 8.29. The highest BCUT2D eigenvalue weighted by molar-refractivity contribution is 5.94. The van der Waals surface area contributed by atoms with Crippen LogP contribution in [0.1, 0.15) is 30.1 Å². The molecule has 1 N–H and O–H groups in total. The third kappa shape index (κ3) is 2.31. The molecule has 1 aliphatic rings. The number of nitrogens with one attached hydrogen (secondary N) is 1. The Morgan fingerprint density at radius 2 is 2.43 bits per heavy atom. The molecule has 3 heteroatoms. The lowest BCUT2D eigenvalue weighted by atomic mass is 10.2. The Hall–Kier alpha value is -1.38. The van der Waals surface area contributed by atoms with Gasteiger partial charge in [-0.3, -0.25) is 4.79 Å². The summed E-state index contributed by atoms with van der Waals surface area (Å²) in [7, 11) is 0. The van der Waals surface area contributed by atoms with Crippen molar-refractivity contribution in [3.63, 3.8) is 0 Å². The molecule has 0 aliphatic heterocycles. The number of carbonyl (C=O) groups is 1. The lowest BCUT2D eigenvalue weighted by Crippen LogP contribution is -2.05. The fraction of sp³-hybridized carbons (Fsp3) is 0.455. The first kappa shape index (κ1) is 9.19. The Morgan fingerprint density at radius 1 is 1.64 bits per heavy atom. The Kier molecular flexibility index (Phi) is 2.48. The van der Waals surface area contributed by atoms with Crippen molar-refractivity contribution in [3.05, 3.63) is 23.9 Å². The molecule has 14 heavy (non-hydrogen) atoms. The topological polar surface area (TPSA) is 42.0 Å². The van der Waals surface area contributed by atoms with Crippen molar-refractivity contribution >= 4 is 11.6 Å². The van der Waals surface area contributed by atoms with Gasteiger partial charge in [0.1, 0.15) is 5.82 Å². The molecule has 2 rings (SSSR count). The van der Waals surface area contributed by atoms with Gasteiger partial charge < -0.3 is 5.32 Å². The molecule has 1 saturated carbocycles. The SMILES string of the molecule is CC(=O)c1ccnc(NCC2CC2)c1. The van der Waals surface area contributed by atoms with E-state index in [1.54, 1.807) is 19.2 Å². The van der Waals surface area contributed by atoms with Gasteiger partial charge in [0, 0.05) is 18.3 Å². The predicted molar refractivity (Wildman–Crippen MR) is 55.5 cm³/mol. The summed E-state index contributed by atoms with van der Waals surface area (Å²) in [4.78, 5) is 15.3. The number of rotatable bonds is 4. The minimum absolute atomic E-state index is 0.0851. The van der Waals surface area contributed by atoms with Crippen LogP contribution >= 0.6 is 0 Å². The van der Waals surface area contributed by atoms with E-state index in [4.69, 9.17) is 0 Å². The predicted octanol–water partition coefficient (Wildman–Crippen LogP) is 2.11. The van der Waals surface area contributed by atoms with E-state index in [1.807, 2.05) is 6.07 Å². The number of ketones is 1. The second kappa shape index (κ2) is 3.78. The molecule has 0 amide bonds. The standard InChI is InChI=1S/C11H14N2O/c1-8(14)10-4-5-12-11(6-10)13-7-9-2-3-9/h4-6,9H,2-3,7H2,1H3,(H,12,13). The minimum Gasteiger partial charge on any atom is -0.370 e. The van der Waals surface area contributed by atoms with Gasteiger partial charge in [-0.15, -0.1) is 0 Å². The molecule has 1 aromatic heterocycles. The molecule has 1 fully saturated rings. The summed E-state index contributed by atoms with van der Waals surface area (Å²) < 4.78 is 0. The largest absolute Gasteiger partial charge is 0.370 e. The van der Waals surface area contributed by atoms with Crippen LogP contribution in [0, 0.1) is 5.92 Å². The maximum Gasteiger partial charge on any atom is 0.159 e. The smallest absolute Gasteiger partial charge is 0.159 e. The second-order valence-electron chi connectivity index (χ2n) is 3.81. The number of nitrogens with zero attached hydrogens (tertiary/aromatic N) is 1. The van der Waals surface area contributed by atoms with Gasteiger partial charge >= 0.3 is 0 Å². The minimum atomic E-state index is 0.0851. The quantitative estimate of drug-likeness (QED) is 0.739. The van der Waals surface area contributed by atoms with E-state index >= 15 is 0 Å². The van der Waals surface area contributed by atoms with Crippen LogP contribution in [0.5, 0.6) is 0 Å². The Bertz CT molecular complexity index is 345. The average Bonchev–Trinajstić information content (AvgIpc) is 2.99. The van der Waals surface area contributed by atoms with Crippen LogP contribution in [-0.2, 0) is 0 Å². The first-order valence-electron chi connectivity index (χ1n) is 4.96. The van der Waals surface area contributed by atoms with Gasteiger partial charge in [0.2, 0.25) is 0 Å². The lowest BCUT2D eigenvalue weighted by Gasteiger charge is -2.04. The number of aromatic nitrogens is 1. The van der Waals surface area contributed by atoms with E-state index in [-0.39, 0.29) is 5.78 Å². The van der Waals surface area contributed by atoms with Gasteiger partial charge in [0.25, 0.3) is 0 Å². The lowest BCUT2D eigenvalue weighted by molar-refractivity contribution is 0.101. The maximum atomic E-state index is 11.1. The van der Waals surface area contributed by atoms with Crippen molar-refractivity contribution in [2.75, 3.05) is 11.9 Å². The molecule has 0 bridgehead atoms. The van der Waals surface area contributed by atoms with Crippen LogP contribution in [0.4, 0.5) is 5.82 Å². The van der Waals surface area contributed by atoms with E-state index in [9.17, 15) is 4.79 Å². The number of Topliss-reactive ketones (excluding diaryl/α,β-unsaturated/α-hetero) is 1. The van der Waals surface area contributed by atoms with Gasteiger partial charge in [0.05, 0.1) is 0 Å². The van der Waals surface area contributed by atoms with Crippen molar-refractivity contribution in [2.24, 2.45) is 5.92 Å². The van der Waals surface area contributed by atoms with Crippen molar-refractivity contribution in [1.82, 2.24) is 4.98 Å². The Morgan fingerprint density at radius 3 is 3.07 bits per heavy atom. The van der Waals surface area contributed by atoms with E-state index in [0.29, 0.717) is 0 Å². The summed E-state index contributed by atoms with van der Waals surface area (Å²) in [5, 5.41) is 3.24. The van der Waals surface area contributed by atoms with Crippen molar-refractivity contribution in [3.8, 4) is 0 Å². The van der Waals surface area contributed by atoms with Gasteiger partial charge in [-0.1, -0.05) is 0 Å². The summed E-state index contributed by atoms with van der Waals surface area (Å²) >= 11 is 0. The normalized spacial score (nSPS) is 15.2. The van der Waals surface area contributed by atoms with Crippen LogP contribution in [0.3, 0.4) is 0 Å². The molecule has 1 aromatic rings. The molecule has 0 spiro atoms. The number of hydrogen-bond acceptors (Lipinski definition) is 3. The zero-order chi connectivity index (χ0) is 9.97. The second-order valence-corrected chi connectivity index (χ2v) is 3.81. The highest BCUT2D eigenvalue weighted by atomic mass is 16.1. The summed E-state index contributed by atoms with van der Waals surface area (Å²) in [6.45, 7) is 2.55. The van der Waals surface area contributed by atoms with Crippen LogP contribution in [0.2, 0.25) is 0 Å². The van der Waals surface area contributed by atoms with Crippen molar-refractivity contribution in [2.45, 2.75) is 19.8 Å². The van der Waals surface area contributed by atoms with Crippen LogP contribution in [-0.4, -0.2) is 17.3 Å². The molecule has 0 radical (unpaired) electrons. The molecule has 0 aromatic carbocycles. The highest BCUT2D eigenvalue weighted by Gasteiger charge is 2.20. The van der Waals surface area contributed by atoms with Gasteiger partial charge in [-0.2, -0.15) is 0 Å². The molecule has 0 unspecified atom stereocenters. The molecular formula is C11H14N2O. The fourth-order valence-electron chi connectivity index (χ4n) is 1.32. The summed E-state index contributed by atoms with van der Waals surface area (Å²) in [5.41, 5.74) is 0.721. The monoisotopic (exact) mass is 190 g/mol. The fourth-order valence-corrected chi connectivity index (χ4v) is 1.32. The van der Waals surface area contributed by atoms with E-state index in [2.05, 4.69) is 10.3 Å². The van der Waals surface area contributed by atoms with E-state index < -0.39 is 0 Å². The summed E-state index contributed by atoms with van der Waals surface area (Å²) in [5.74, 6) is 1.71. The highest BCUT2D eigenvalue weighted by Crippen LogP contribution is 2.28. The molecule has 1 aliphatic carbocycles. The summed E-state index contributed by atoms with van der Waals surface area (Å²) in [6, 6.07) is 3.55. The number of hydrogen-bond donors (Lipinski definition) is 1. The Balaban J connectivity index is 2.01. The van der Waals surface area contributed by atoms with Gasteiger partial charge in [-0.05, 0) is 37.8 Å². The van der Waals surface area contributed by atoms with E-state index in [0.717, 1.165) is 23.8 Å². The van der Waals surface area contributed by atoms with Gasteiger partial charge in [0.15, 0.2) is 5.78 Å². The Labute approximate surface area is 83.5 Å². The number of carbonyl (C=O) groups excluding carboxylic acids is 1. The molecule has 0 atom stereocenters. The van der Waals surface area contributed by atoms with Crippen LogP contribution in [0.25, 0.3) is 0 Å². The molecule has 3 nitrogen and oxygen atoms in total. The molecule has 0 saturated heterocycles. The van der Waals surface area contributed by atoms with Crippen LogP contribution < -0.4 is 5.32 Å². The third-order valence-electron chi connectivity index (χ3n) is 2.44. The number of anilines is 1. The maximum absolute atomic E-state index is 11.1. The van der Waals surface area contributed by atoms with Crippen molar-refractivity contribution in [1.29, 1.82) is 0 Å². The van der Waals surface area contributed by atoms with Gasteiger partial charge in [-0.25, -0.2) is 4.98 Å². The zero-order valence-electron chi connectivity index (χ0n) is 8.29. The number of pyridine rings is 1. The molecule has 74 valence electrons. The van der Waals surface area contributed by atoms with Crippen LogP contribution in [0.15, 0.2) is 18.3 Å². The average molecular weight is 190 g/mol. The molecular weight excluding hydrogens is 176 g/mol. The third-order valence-corrected chi connectivity index (χ3v) is 2.44. The van der Waals surface area contributed by atoms with E-state index in [1.165, 1.54) is 12.8 Å². The first-order chi connectivity index (χ1) is 6.75. The van der Waals surface area contributed by atoms with Crippen molar-refractivity contribution < 1.29 is 4.79 Å².